The normalized spacial score (nSPS) is 10.2. The SMILES string of the molecule is Clc1cc(Br)ccc1Oc1ncccc1Br. The van der Waals surface area contributed by atoms with E-state index in [4.69, 9.17) is 16.3 Å². The summed E-state index contributed by atoms with van der Waals surface area (Å²) >= 11 is 12.7. The number of rotatable bonds is 2. The van der Waals surface area contributed by atoms with Crippen LogP contribution >= 0.6 is 43.5 Å². The number of benzene rings is 1. The highest BCUT2D eigenvalue weighted by Gasteiger charge is 2.07. The molecule has 2 aromatic rings. The zero-order valence-electron chi connectivity index (χ0n) is 7.95. The van der Waals surface area contributed by atoms with E-state index in [-0.39, 0.29) is 0 Å². The topological polar surface area (TPSA) is 22.1 Å². The van der Waals surface area contributed by atoms with Crippen LogP contribution in [0.1, 0.15) is 0 Å². The van der Waals surface area contributed by atoms with Crippen molar-refractivity contribution in [1.29, 1.82) is 0 Å². The molecule has 82 valence electrons. The van der Waals surface area contributed by atoms with E-state index in [1.165, 1.54) is 0 Å². The van der Waals surface area contributed by atoms with Gasteiger partial charge in [-0.1, -0.05) is 27.5 Å². The Labute approximate surface area is 115 Å². The zero-order chi connectivity index (χ0) is 11.5. The first-order valence-electron chi connectivity index (χ1n) is 4.40. The molecule has 2 rings (SSSR count). The van der Waals surface area contributed by atoms with E-state index in [0.717, 1.165) is 8.95 Å². The monoisotopic (exact) mass is 361 g/mol. The van der Waals surface area contributed by atoms with Crippen LogP contribution in [0.3, 0.4) is 0 Å². The third kappa shape index (κ3) is 2.75. The largest absolute Gasteiger partial charge is 0.436 e. The summed E-state index contributed by atoms with van der Waals surface area (Å²) in [7, 11) is 0. The van der Waals surface area contributed by atoms with Gasteiger partial charge in [0.1, 0.15) is 5.75 Å². The van der Waals surface area contributed by atoms with Crippen LogP contribution in [-0.2, 0) is 0 Å². The summed E-state index contributed by atoms with van der Waals surface area (Å²) in [6, 6.07) is 9.09. The van der Waals surface area contributed by atoms with Gasteiger partial charge in [-0.2, -0.15) is 0 Å². The van der Waals surface area contributed by atoms with Crippen molar-refractivity contribution in [1.82, 2.24) is 4.98 Å². The molecule has 2 nitrogen and oxygen atoms in total. The Kier molecular flexibility index (Phi) is 3.84. The summed E-state index contributed by atoms with van der Waals surface area (Å²) in [5, 5.41) is 0.534. The first-order valence-corrected chi connectivity index (χ1v) is 6.36. The summed E-state index contributed by atoms with van der Waals surface area (Å²) in [4.78, 5) is 4.10. The molecule has 0 bridgehead atoms. The van der Waals surface area contributed by atoms with Crippen LogP contribution in [0, 0.1) is 0 Å². The van der Waals surface area contributed by atoms with E-state index >= 15 is 0 Å². The van der Waals surface area contributed by atoms with Crippen LogP contribution in [0.25, 0.3) is 0 Å². The smallest absolute Gasteiger partial charge is 0.233 e. The molecular formula is C11H6Br2ClNO. The molecule has 16 heavy (non-hydrogen) atoms. The second-order valence-electron chi connectivity index (χ2n) is 2.97. The van der Waals surface area contributed by atoms with Gasteiger partial charge >= 0.3 is 0 Å². The van der Waals surface area contributed by atoms with Crippen molar-refractivity contribution in [3.05, 3.63) is 50.5 Å². The van der Waals surface area contributed by atoms with E-state index in [1.54, 1.807) is 18.3 Å². The van der Waals surface area contributed by atoms with E-state index in [1.807, 2.05) is 18.2 Å². The minimum Gasteiger partial charge on any atom is -0.436 e. The Bertz CT molecular complexity index is 519. The van der Waals surface area contributed by atoms with Gasteiger partial charge in [-0.25, -0.2) is 4.98 Å². The molecule has 0 saturated carbocycles. The van der Waals surface area contributed by atoms with Gasteiger partial charge in [0.25, 0.3) is 0 Å². The lowest BCUT2D eigenvalue weighted by molar-refractivity contribution is 0.460. The molecule has 0 fully saturated rings. The highest BCUT2D eigenvalue weighted by atomic mass is 79.9. The molecule has 5 heteroatoms. The maximum Gasteiger partial charge on any atom is 0.233 e. The predicted molar refractivity (Wildman–Crippen MR) is 71.2 cm³/mol. The first kappa shape index (κ1) is 11.9. The lowest BCUT2D eigenvalue weighted by Crippen LogP contribution is -1.89. The van der Waals surface area contributed by atoms with Gasteiger partial charge in [0, 0.05) is 10.7 Å². The van der Waals surface area contributed by atoms with Crippen molar-refractivity contribution in [2.24, 2.45) is 0 Å². The molecule has 0 unspecified atom stereocenters. The molecule has 0 radical (unpaired) electrons. The Morgan fingerprint density at radius 1 is 1.19 bits per heavy atom. The fraction of sp³-hybridized carbons (Fsp3) is 0. The van der Waals surface area contributed by atoms with E-state index in [2.05, 4.69) is 36.8 Å². The highest BCUT2D eigenvalue weighted by Crippen LogP contribution is 2.33. The van der Waals surface area contributed by atoms with Gasteiger partial charge in [-0.3, -0.25) is 0 Å². The summed E-state index contributed by atoms with van der Waals surface area (Å²) in [5.74, 6) is 1.07. The average Bonchev–Trinajstić information content (AvgIpc) is 2.25. The number of hydrogen-bond donors (Lipinski definition) is 0. The highest BCUT2D eigenvalue weighted by molar-refractivity contribution is 9.10. The van der Waals surface area contributed by atoms with Gasteiger partial charge in [-0.15, -0.1) is 0 Å². The van der Waals surface area contributed by atoms with Gasteiger partial charge in [0.05, 0.1) is 9.50 Å². The molecule has 1 aromatic carbocycles. The second-order valence-corrected chi connectivity index (χ2v) is 5.14. The van der Waals surface area contributed by atoms with E-state index in [0.29, 0.717) is 16.7 Å². The quantitative estimate of drug-likeness (QED) is 0.745. The van der Waals surface area contributed by atoms with Crippen LogP contribution < -0.4 is 4.74 Å². The third-order valence-corrected chi connectivity index (χ3v) is 3.22. The molecule has 0 aliphatic rings. The standard InChI is InChI=1S/C11H6Br2ClNO/c12-7-3-4-10(9(14)6-7)16-11-8(13)2-1-5-15-11/h1-6H. The van der Waals surface area contributed by atoms with Crippen LogP contribution in [0.5, 0.6) is 11.6 Å². The summed E-state index contributed by atoms with van der Waals surface area (Å²) < 4.78 is 7.28. The van der Waals surface area contributed by atoms with Gasteiger partial charge in [0.2, 0.25) is 5.88 Å². The van der Waals surface area contributed by atoms with Crippen molar-refractivity contribution in [3.63, 3.8) is 0 Å². The fourth-order valence-electron chi connectivity index (χ4n) is 1.11. The predicted octanol–water partition coefficient (Wildman–Crippen LogP) is 5.05. The molecule has 0 spiro atoms. The number of aromatic nitrogens is 1. The van der Waals surface area contributed by atoms with Gasteiger partial charge in [-0.05, 0) is 46.3 Å². The van der Waals surface area contributed by atoms with Crippen LogP contribution in [0.2, 0.25) is 5.02 Å². The maximum absolute atomic E-state index is 6.03. The maximum atomic E-state index is 6.03. The van der Waals surface area contributed by atoms with Crippen LogP contribution in [0.15, 0.2) is 45.5 Å². The fourth-order valence-corrected chi connectivity index (χ4v) is 2.16. The molecule has 0 amide bonds. The number of ether oxygens (including phenoxy) is 1. The third-order valence-electron chi connectivity index (χ3n) is 1.83. The molecule has 1 heterocycles. The van der Waals surface area contributed by atoms with Crippen molar-refractivity contribution >= 4 is 43.5 Å². The number of halogens is 3. The van der Waals surface area contributed by atoms with Crippen molar-refractivity contribution < 1.29 is 4.74 Å². The second kappa shape index (κ2) is 5.17. The first-order chi connectivity index (χ1) is 7.66. The number of nitrogens with zero attached hydrogens (tertiary/aromatic N) is 1. The minimum absolute atomic E-state index is 0.492. The Hall–Kier alpha value is -0.580. The molecule has 0 aliphatic heterocycles. The van der Waals surface area contributed by atoms with E-state index in [9.17, 15) is 0 Å². The molecule has 0 saturated heterocycles. The molecule has 0 N–H and O–H groups in total. The molecular weight excluding hydrogens is 357 g/mol. The number of pyridine rings is 1. The molecule has 0 atom stereocenters. The Balaban J connectivity index is 2.31. The van der Waals surface area contributed by atoms with Gasteiger partial charge < -0.3 is 4.74 Å². The summed E-state index contributed by atoms with van der Waals surface area (Å²) in [5.41, 5.74) is 0. The van der Waals surface area contributed by atoms with Gasteiger partial charge in [0.15, 0.2) is 0 Å². The average molecular weight is 363 g/mol. The summed E-state index contributed by atoms with van der Waals surface area (Å²) in [6.45, 7) is 0. The van der Waals surface area contributed by atoms with Crippen LogP contribution in [-0.4, -0.2) is 4.98 Å². The summed E-state index contributed by atoms with van der Waals surface area (Å²) in [6.07, 6.45) is 1.66. The zero-order valence-corrected chi connectivity index (χ0v) is 11.9. The Morgan fingerprint density at radius 3 is 2.69 bits per heavy atom. The van der Waals surface area contributed by atoms with E-state index < -0.39 is 0 Å². The molecule has 0 aliphatic carbocycles. The lowest BCUT2D eigenvalue weighted by Gasteiger charge is -2.07. The van der Waals surface area contributed by atoms with Crippen molar-refractivity contribution in [2.45, 2.75) is 0 Å². The number of hydrogen-bond acceptors (Lipinski definition) is 2. The minimum atomic E-state index is 0.492. The molecule has 1 aromatic heterocycles. The Morgan fingerprint density at radius 2 is 2.00 bits per heavy atom. The lowest BCUT2D eigenvalue weighted by atomic mass is 10.3. The van der Waals surface area contributed by atoms with Crippen molar-refractivity contribution in [3.8, 4) is 11.6 Å². The van der Waals surface area contributed by atoms with Crippen LogP contribution in [0.4, 0.5) is 0 Å². The van der Waals surface area contributed by atoms with Crippen molar-refractivity contribution in [2.75, 3.05) is 0 Å².